The number of carbonyl (C=O) groups is 1. The van der Waals surface area contributed by atoms with Gasteiger partial charge in [0.15, 0.2) is 0 Å². The van der Waals surface area contributed by atoms with Crippen LogP contribution in [0.3, 0.4) is 0 Å². The third-order valence-electron chi connectivity index (χ3n) is 4.78. The highest BCUT2D eigenvalue weighted by atomic mass is 19.1. The highest BCUT2D eigenvalue weighted by Crippen LogP contribution is 2.32. The monoisotopic (exact) mass is 388 g/mol. The number of ether oxygens (including phenoxy) is 1. The van der Waals surface area contributed by atoms with E-state index in [-0.39, 0.29) is 11.1 Å². The van der Waals surface area contributed by atoms with Crippen molar-refractivity contribution in [2.75, 3.05) is 7.11 Å². The zero-order valence-electron chi connectivity index (χ0n) is 15.8. The Bertz CT molecular complexity index is 1280. The highest BCUT2D eigenvalue weighted by molar-refractivity contribution is 6.07. The van der Waals surface area contributed by atoms with E-state index in [2.05, 4.69) is 4.98 Å². The van der Waals surface area contributed by atoms with E-state index in [0.717, 1.165) is 0 Å². The van der Waals surface area contributed by atoms with Crippen LogP contribution in [0.1, 0.15) is 16.1 Å². The second-order valence-electron chi connectivity index (χ2n) is 6.53. The molecule has 0 aliphatic carbocycles. The van der Waals surface area contributed by atoms with Gasteiger partial charge in [0.05, 0.1) is 29.3 Å². The fourth-order valence-corrected chi connectivity index (χ4v) is 3.45. The van der Waals surface area contributed by atoms with Gasteiger partial charge >= 0.3 is 5.97 Å². The fourth-order valence-electron chi connectivity index (χ4n) is 3.45. The van der Waals surface area contributed by atoms with Gasteiger partial charge in [-0.2, -0.15) is 0 Å². The predicted molar refractivity (Wildman–Crippen MR) is 109 cm³/mol. The topological polar surface area (TPSA) is 61.2 Å². The van der Waals surface area contributed by atoms with Crippen molar-refractivity contribution < 1.29 is 13.9 Å². The number of nitrogens with zero attached hydrogens (tertiary/aromatic N) is 2. The highest BCUT2D eigenvalue weighted by Gasteiger charge is 2.23. The fraction of sp³-hybridized carbons (Fsp3) is 0.0870. The number of methoxy groups -OCH3 is 1. The summed E-state index contributed by atoms with van der Waals surface area (Å²) in [5.74, 6) is -0.954. The van der Waals surface area contributed by atoms with Crippen molar-refractivity contribution >= 4 is 16.9 Å². The summed E-state index contributed by atoms with van der Waals surface area (Å²) in [5.41, 5.74) is 2.53. The average Bonchev–Trinajstić information content (AvgIpc) is 2.74. The molecule has 144 valence electrons. The smallest absolute Gasteiger partial charge is 0.340 e. The Morgan fingerprint density at radius 1 is 1.03 bits per heavy atom. The molecule has 0 amide bonds. The molecule has 5 nitrogen and oxygen atoms in total. The Morgan fingerprint density at radius 3 is 2.38 bits per heavy atom. The van der Waals surface area contributed by atoms with Gasteiger partial charge in [0, 0.05) is 17.4 Å². The molecule has 0 aliphatic rings. The first-order valence-electron chi connectivity index (χ1n) is 8.97. The van der Waals surface area contributed by atoms with E-state index in [1.54, 1.807) is 19.2 Å². The Balaban J connectivity index is 2.14. The number of esters is 1. The molecule has 2 aromatic carbocycles. The van der Waals surface area contributed by atoms with Gasteiger partial charge < -0.3 is 4.74 Å². The number of carbonyl (C=O) groups excluding carboxylic acids is 1. The van der Waals surface area contributed by atoms with Crippen molar-refractivity contribution in [2.24, 2.45) is 0 Å². The molecule has 0 bridgehead atoms. The molecule has 4 aromatic rings. The number of hydrogen-bond donors (Lipinski definition) is 0. The van der Waals surface area contributed by atoms with E-state index in [1.165, 1.54) is 35.9 Å². The van der Waals surface area contributed by atoms with Crippen LogP contribution in [0.25, 0.3) is 27.7 Å². The van der Waals surface area contributed by atoms with E-state index >= 15 is 0 Å². The Morgan fingerprint density at radius 2 is 1.72 bits per heavy atom. The van der Waals surface area contributed by atoms with Gasteiger partial charge in [-0.3, -0.25) is 14.3 Å². The van der Waals surface area contributed by atoms with Gasteiger partial charge in [-0.25, -0.2) is 9.18 Å². The number of aromatic nitrogens is 2. The lowest BCUT2D eigenvalue weighted by molar-refractivity contribution is 0.0600. The summed E-state index contributed by atoms with van der Waals surface area (Å²) in [6.45, 7) is 1.71. The molecule has 0 radical (unpaired) electrons. The van der Waals surface area contributed by atoms with E-state index in [1.807, 2.05) is 30.3 Å². The van der Waals surface area contributed by atoms with Crippen molar-refractivity contribution in [3.63, 3.8) is 0 Å². The molecule has 0 atom stereocenters. The molecule has 0 fully saturated rings. The number of pyridine rings is 2. The van der Waals surface area contributed by atoms with E-state index in [0.29, 0.717) is 33.4 Å². The lowest BCUT2D eigenvalue weighted by Crippen LogP contribution is -2.20. The van der Waals surface area contributed by atoms with Gasteiger partial charge in [-0.1, -0.05) is 30.3 Å². The first-order chi connectivity index (χ1) is 14.0. The Kier molecular flexibility index (Phi) is 4.68. The van der Waals surface area contributed by atoms with Crippen LogP contribution in [0.15, 0.2) is 71.7 Å². The number of halogens is 1. The van der Waals surface area contributed by atoms with Crippen LogP contribution in [0, 0.1) is 12.7 Å². The minimum Gasteiger partial charge on any atom is -0.465 e. The van der Waals surface area contributed by atoms with Crippen molar-refractivity contribution in [1.29, 1.82) is 0 Å². The van der Waals surface area contributed by atoms with Crippen molar-refractivity contribution in [3.05, 3.63) is 94.3 Å². The summed E-state index contributed by atoms with van der Waals surface area (Å²) in [7, 11) is 1.29. The first kappa shape index (κ1) is 18.6. The maximum absolute atomic E-state index is 13.5. The second-order valence-corrected chi connectivity index (χ2v) is 6.53. The van der Waals surface area contributed by atoms with Crippen LogP contribution in [0.4, 0.5) is 4.39 Å². The number of aryl methyl sites for hydroxylation is 1. The quantitative estimate of drug-likeness (QED) is 0.491. The molecule has 0 saturated heterocycles. The predicted octanol–water partition coefficient (Wildman–Crippen LogP) is 4.29. The van der Waals surface area contributed by atoms with Crippen molar-refractivity contribution in [1.82, 2.24) is 9.55 Å². The summed E-state index contributed by atoms with van der Waals surface area (Å²) in [6, 6.07) is 16.5. The summed E-state index contributed by atoms with van der Waals surface area (Å²) in [5, 5.41) is 0.300. The minimum atomic E-state index is -0.563. The molecular formula is C23H17FN2O3. The summed E-state index contributed by atoms with van der Waals surface area (Å²) >= 11 is 0. The van der Waals surface area contributed by atoms with Crippen LogP contribution in [0.5, 0.6) is 0 Å². The number of fused-ring (bicyclic) bond motifs is 1. The number of rotatable bonds is 3. The summed E-state index contributed by atoms with van der Waals surface area (Å²) in [6.07, 6.45) is 1.59. The standard InChI is InChI=1S/C23H17FN2O3/c1-14-19(23(28)29-2)20(15-6-4-3-5-7-15)21-18(25-14)12-13-26(22(21)27)17-10-8-16(24)9-11-17/h3-13H,1-2H3. The number of hydrogen-bond acceptors (Lipinski definition) is 4. The second kappa shape index (κ2) is 7.31. The zero-order chi connectivity index (χ0) is 20.5. The largest absolute Gasteiger partial charge is 0.465 e. The maximum atomic E-state index is 13.5. The molecule has 0 N–H and O–H groups in total. The SMILES string of the molecule is COC(=O)c1c(C)nc2ccn(-c3ccc(F)cc3)c(=O)c2c1-c1ccccc1. The first-order valence-corrected chi connectivity index (χ1v) is 8.97. The molecule has 6 heteroatoms. The van der Waals surface area contributed by atoms with Crippen LogP contribution >= 0.6 is 0 Å². The van der Waals surface area contributed by atoms with Gasteiger partial charge in [0.25, 0.3) is 5.56 Å². The summed E-state index contributed by atoms with van der Waals surface area (Å²) in [4.78, 5) is 30.5. The normalized spacial score (nSPS) is 10.9. The molecular weight excluding hydrogens is 371 g/mol. The van der Waals surface area contributed by atoms with E-state index < -0.39 is 11.8 Å². The van der Waals surface area contributed by atoms with Crippen LogP contribution in [0.2, 0.25) is 0 Å². The minimum absolute atomic E-state index is 0.250. The van der Waals surface area contributed by atoms with Gasteiger partial charge in [-0.15, -0.1) is 0 Å². The molecule has 0 saturated carbocycles. The van der Waals surface area contributed by atoms with Crippen LogP contribution in [-0.2, 0) is 4.74 Å². The summed E-state index contributed by atoms with van der Waals surface area (Å²) < 4.78 is 19.7. The molecule has 0 unspecified atom stereocenters. The third-order valence-corrected chi connectivity index (χ3v) is 4.78. The Hall–Kier alpha value is -3.80. The van der Waals surface area contributed by atoms with Gasteiger partial charge in [-0.05, 0) is 42.8 Å². The van der Waals surface area contributed by atoms with E-state index in [4.69, 9.17) is 4.74 Å². The van der Waals surface area contributed by atoms with Crippen LogP contribution < -0.4 is 5.56 Å². The molecule has 2 heterocycles. The molecule has 29 heavy (non-hydrogen) atoms. The number of benzene rings is 2. The zero-order valence-corrected chi connectivity index (χ0v) is 15.8. The average molecular weight is 388 g/mol. The molecule has 4 rings (SSSR count). The van der Waals surface area contributed by atoms with Crippen molar-refractivity contribution in [2.45, 2.75) is 6.92 Å². The molecule has 0 aliphatic heterocycles. The lowest BCUT2D eigenvalue weighted by Gasteiger charge is -2.15. The lowest BCUT2D eigenvalue weighted by atomic mass is 9.95. The van der Waals surface area contributed by atoms with Crippen LogP contribution in [-0.4, -0.2) is 22.6 Å². The third kappa shape index (κ3) is 3.18. The van der Waals surface area contributed by atoms with Crippen molar-refractivity contribution in [3.8, 4) is 16.8 Å². The molecule has 0 spiro atoms. The van der Waals surface area contributed by atoms with E-state index in [9.17, 15) is 14.0 Å². The van der Waals surface area contributed by atoms with Gasteiger partial charge in [0.2, 0.25) is 0 Å². The molecule has 2 aromatic heterocycles. The van der Waals surface area contributed by atoms with Gasteiger partial charge in [0.1, 0.15) is 5.82 Å². The Labute approximate surface area is 166 Å². The maximum Gasteiger partial charge on any atom is 0.340 e.